The third kappa shape index (κ3) is 4.03. The van der Waals surface area contributed by atoms with Gasteiger partial charge in [0.15, 0.2) is 15.5 Å². The van der Waals surface area contributed by atoms with Gasteiger partial charge in [-0.25, -0.2) is 12.8 Å². The second-order valence-electron chi connectivity index (χ2n) is 7.14. The summed E-state index contributed by atoms with van der Waals surface area (Å²) in [5, 5.41) is 5.97. The van der Waals surface area contributed by atoms with Gasteiger partial charge in [0.1, 0.15) is 5.82 Å². The predicted molar refractivity (Wildman–Crippen MR) is 113 cm³/mol. The second-order valence-corrected chi connectivity index (χ2v) is 9.12. The summed E-state index contributed by atoms with van der Waals surface area (Å²) >= 11 is 0. The zero-order chi connectivity index (χ0) is 23.1. The number of halogens is 4. The van der Waals surface area contributed by atoms with Gasteiger partial charge in [0.05, 0.1) is 10.6 Å². The van der Waals surface area contributed by atoms with Crippen LogP contribution in [0.3, 0.4) is 0 Å². The molecule has 1 N–H and O–H groups in total. The molecule has 9 heteroatoms. The molecule has 4 nitrogen and oxygen atoms in total. The van der Waals surface area contributed by atoms with Gasteiger partial charge in [0.25, 0.3) is 0 Å². The van der Waals surface area contributed by atoms with Crippen LogP contribution in [0.15, 0.2) is 77.7 Å². The summed E-state index contributed by atoms with van der Waals surface area (Å²) in [6.45, 7) is 0. The molecular formula is C23H16F4N2O2S. The Kier molecular flexibility index (Phi) is 5.37. The van der Waals surface area contributed by atoms with Crippen molar-refractivity contribution in [3.05, 3.63) is 84.3 Å². The van der Waals surface area contributed by atoms with Crippen LogP contribution in [0.4, 0.5) is 17.6 Å². The third-order valence-corrected chi connectivity index (χ3v) is 6.10. The van der Waals surface area contributed by atoms with E-state index in [9.17, 15) is 26.0 Å². The lowest BCUT2D eigenvalue weighted by Crippen LogP contribution is -2.07. The number of sulfone groups is 1. The Morgan fingerprint density at radius 1 is 0.812 bits per heavy atom. The molecule has 32 heavy (non-hydrogen) atoms. The summed E-state index contributed by atoms with van der Waals surface area (Å²) in [5.41, 5.74) is -0.150. The number of nitrogens with zero attached hydrogens (tertiary/aromatic N) is 1. The highest BCUT2D eigenvalue weighted by molar-refractivity contribution is 7.90. The molecular weight excluding hydrogens is 444 g/mol. The van der Waals surface area contributed by atoms with E-state index in [1.807, 2.05) is 0 Å². The average molecular weight is 460 g/mol. The first-order valence-electron chi connectivity index (χ1n) is 9.37. The SMILES string of the molecule is CS(=O)(=O)c1ccccc1-c1ccccc1-c1[nH]nc(C(F)(F)F)c1-c1ccc(F)cc1. The Labute approximate surface area is 181 Å². The largest absolute Gasteiger partial charge is 0.435 e. The lowest BCUT2D eigenvalue weighted by Gasteiger charge is -2.14. The Bertz CT molecular complexity index is 1390. The van der Waals surface area contributed by atoms with Crippen molar-refractivity contribution < 1.29 is 26.0 Å². The average Bonchev–Trinajstić information content (AvgIpc) is 3.19. The second kappa shape index (κ2) is 7.90. The molecule has 3 aromatic carbocycles. The van der Waals surface area contributed by atoms with Gasteiger partial charge in [-0.3, -0.25) is 5.10 Å². The molecule has 0 saturated carbocycles. The number of aromatic nitrogens is 2. The Balaban J connectivity index is 2.03. The van der Waals surface area contributed by atoms with E-state index < -0.39 is 27.5 Å². The van der Waals surface area contributed by atoms with Gasteiger partial charge >= 0.3 is 6.18 Å². The van der Waals surface area contributed by atoms with Crippen LogP contribution >= 0.6 is 0 Å². The van der Waals surface area contributed by atoms with Gasteiger partial charge in [0.2, 0.25) is 0 Å². The van der Waals surface area contributed by atoms with E-state index in [1.165, 1.54) is 18.2 Å². The molecule has 164 valence electrons. The normalized spacial score (nSPS) is 12.2. The number of hydrogen-bond acceptors (Lipinski definition) is 3. The molecule has 0 saturated heterocycles. The molecule has 0 aliphatic rings. The van der Waals surface area contributed by atoms with Crippen molar-refractivity contribution in [1.29, 1.82) is 0 Å². The van der Waals surface area contributed by atoms with Gasteiger partial charge in [-0.15, -0.1) is 0 Å². The molecule has 1 aromatic heterocycles. The van der Waals surface area contributed by atoms with Crippen molar-refractivity contribution in [2.24, 2.45) is 0 Å². The summed E-state index contributed by atoms with van der Waals surface area (Å²) in [5.74, 6) is -0.588. The highest BCUT2D eigenvalue weighted by atomic mass is 32.2. The van der Waals surface area contributed by atoms with Gasteiger partial charge in [-0.2, -0.15) is 18.3 Å². The summed E-state index contributed by atoms with van der Waals surface area (Å²) in [4.78, 5) is 0.0475. The Hall–Kier alpha value is -3.46. The van der Waals surface area contributed by atoms with E-state index in [2.05, 4.69) is 10.2 Å². The third-order valence-electron chi connectivity index (χ3n) is 4.94. The predicted octanol–water partition coefficient (Wildman–Crippen LogP) is 5.97. The molecule has 0 unspecified atom stereocenters. The van der Waals surface area contributed by atoms with Crippen LogP contribution in [0.5, 0.6) is 0 Å². The van der Waals surface area contributed by atoms with Crippen LogP contribution in [0.25, 0.3) is 33.5 Å². The van der Waals surface area contributed by atoms with E-state index >= 15 is 0 Å². The maximum atomic E-state index is 13.8. The Morgan fingerprint density at radius 2 is 1.38 bits per heavy atom. The van der Waals surface area contributed by atoms with Gasteiger partial charge in [-0.1, -0.05) is 54.6 Å². The van der Waals surface area contributed by atoms with Crippen molar-refractivity contribution >= 4 is 9.84 Å². The molecule has 0 bridgehead atoms. The first-order chi connectivity index (χ1) is 15.1. The van der Waals surface area contributed by atoms with Gasteiger partial charge < -0.3 is 0 Å². The quantitative estimate of drug-likeness (QED) is 0.382. The molecule has 4 rings (SSSR count). The van der Waals surface area contributed by atoms with Crippen LogP contribution in [-0.4, -0.2) is 24.9 Å². The first-order valence-corrected chi connectivity index (χ1v) is 11.3. The Morgan fingerprint density at radius 3 is 1.97 bits per heavy atom. The minimum Gasteiger partial charge on any atom is -0.277 e. The van der Waals surface area contributed by atoms with Gasteiger partial charge in [-0.05, 0) is 29.3 Å². The number of alkyl halides is 3. The highest BCUT2D eigenvalue weighted by Crippen LogP contribution is 2.44. The monoisotopic (exact) mass is 460 g/mol. The standard InChI is InChI=1S/C23H16F4N2O2S/c1-32(30,31)19-9-5-4-7-17(19)16-6-2-3-8-18(16)21-20(14-10-12-15(24)13-11-14)22(29-28-21)23(25,26)27/h2-13H,1H3,(H,28,29). The van der Waals surface area contributed by atoms with E-state index in [1.54, 1.807) is 42.5 Å². The fourth-order valence-electron chi connectivity index (χ4n) is 3.59. The van der Waals surface area contributed by atoms with Crippen LogP contribution in [0.2, 0.25) is 0 Å². The maximum absolute atomic E-state index is 13.8. The smallest absolute Gasteiger partial charge is 0.277 e. The van der Waals surface area contributed by atoms with Crippen LogP contribution in [0, 0.1) is 5.82 Å². The summed E-state index contributed by atoms with van der Waals surface area (Å²) < 4.78 is 79.3. The van der Waals surface area contributed by atoms with E-state index in [4.69, 9.17) is 0 Å². The van der Waals surface area contributed by atoms with E-state index in [-0.39, 0.29) is 21.7 Å². The van der Waals surface area contributed by atoms with Crippen LogP contribution in [-0.2, 0) is 16.0 Å². The van der Waals surface area contributed by atoms with Crippen molar-refractivity contribution in [2.45, 2.75) is 11.1 Å². The fourth-order valence-corrected chi connectivity index (χ4v) is 4.49. The molecule has 0 spiro atoms. The molecule has 0 atom stereocenters. The number of rotatable bonds is 4. The van der Waals surface area contributed by atoms with Crippen molar-refractivity contribution in [1.82, 2.24) is 10.2 Å². The molecule has 0 amide bonds. The van der Waals surface area contributed by atoms with Crippen LogP contribution < -0.4 is 0 Å². The lowest BCUT2D eigenvalue weighted by molar-refractivity contribution is -0.140. The lowest BCUT2D eigenvalue weighted by atomic mass is 9.93. The summed E-state index contributed by atoms with van der Waals surface area (Å²) in [7, 11) is -3.61. The summed E-state index contributed by atoms with van der Waals surface area (Å²) in [6, 6.07) is 17.4. The molecule has 1 heterocycles. The first kappa shape index (κ1) is 21.8. The number of hydrogen-bond donors (Lipinski definition) is 1. The zero-order valence-electron chi connectivity index (χ0n) is 16.6. The summed E-state index contributed by atoms with van der Waals surface area (Å²) in [6.07, 6.45) is -3.70. The number of nitrogens with one attached hydrogen (secondary N) is 1. The topological polar surface area (TPSA) is 62.8 Å². The van der Waals surface area contributed by atoms with Crippen molar-refractivity contribution in [3.63, 3.8) is 0 Å². The molecule has 0 fully saturated rings. The number of H-pyrrole nitrogens is 1. The fraction of sp³-hybridized carbons (Fsp3) is 0.0870. The maximum Gasteiger partial charge on any atom is 0.435 e. The van der Waals surface area contributed by atoms with Crippen LogP contribution in [0.1, 0.15) is 5.69 Å². The van der Waals surface area contributed by atoms with Gasteiger partial charge in [0, 0.05) is 22.9 Å². The molecule has 0 aliphatic heterocycles. The number of benzene rings is 3. The minimum atomic E-state index is -4.77. The molecule has 0 aliphatic carbocycles. The zero-order valence-corrected chi connectivity index (χ0v) is 17.4. The van der Waals surface area contributed by atoms with E-state index in [0.717, 1.165) is 18.4 Å². The molecule has 0 radical (unpaired) electrons. The number of aromatic amines is 1. The van der Waals surface area contributed by atoms with Crippen molar-refractivity contribution in [3.8, 4) is 33.5 Å². The van der Waals surface area contributed by atoms with E-state index in [0.29, 0.717) is 16.7 Å². The minimum absolute atomic E-state index is 0.0443. The van der Waals surface area contributed by atoms with Crippen molar-refractivity contribution in [2.75, 3.05) is 6.26 Å². The molecule has 4 aromatic rings. The highest BCUT2D eigenvalue weighted by Gasteiger charge is 2.39.